The van der Waals surface area contributed by atoms with Gasteiger partial charge in [0.2, 0.25) is 0 Å². The van der Waals surface area contributed by atoms with Gasteiger partial charge in [-0.3, -0.25) is 0 Å². The second-order valence-electron chi connectivity index (χ2n) is 3.54. The summed E-state index contributed by atoms with van der Waals surface area (Å²) in [6.45, 7) is 8.71. The van der Waals surface area contributed by atoms with Gasteiger partial charge in [0.1, 0.15) is 5.60 Å². The van der Waals surface area contributed by atoms with Crippen molar-refractivity contribution < 1.29 is 14.6 Å². The van der Waals surface area contributed by atoms with Crippen molar-refractivity contribution in [2.75, 3.05) is 6.54 Å². The van der Waals surface area contributed by atoms with Crippen LogP contribution in [0.3, 0.4) is 0 Å². The maximum Gasteiger partial charge on any atom is 0.407 e. The van der Waals surface area contributed by atoms with Crippen molar-refractivity contribution in [3.8, 4) is 0 Å². The summed E-state index contributed by atoms with van der Waals surface area (Å²) in [7, 11) is 0. The van der Waals surface area contributed by atoms with Crippen LogP contribution in [0.4, 0.5) is 4.79 Å². The average Bonchev–Trinajstić information content (AvgIpc) is 1.79. The topological polar surface area (TPSA) is 58.6 Å². The third-order valence-electron chi connectivity index (χ3n) is 0.881. The fourth-order valence-corrected chi connectivity index (χ4v) is 0.515. The van der Waals surface area contributed by atoms with E-state index >= 15 is 0 Å². The molecule has 0 aromatic carbocycles. The van der Waals surface area contributed by atoms with Crippen molar-refractivity contribution in [1.82, 2.24) is 5.32 Å². The number of alkyl carbamates (subject to hydrolysis) is 1. The lowest BCUT2D eigenvalue weighted by Gasteiger charge is -2.19. The highest BCUT2D eigenvalue weighted by Crippen LogP contribution is 2.06. The van der Waals surface area contributed by atoms with E-state index < -0.39 is 17.8 Å². The van der Waals surface area contributed by atoms with E-state index in [1.54, 1.807) is 20.8 Å². The highest BCUT2D eigenvalue weighted by molar-refractivity contribution is 5.67. The van der Waals surface area contributed by atoms with E-state index in [1.807, 2.05) is 0 Å². The molecule has 2 N–H and O–H groups in total. The zero-order valence-electron chi connectivity index (χ0n) is 7.76. The van der Waals surface area contributed by atoms with E-state index in [2.05, 4.69) is 12.2 Å². The Morgan fingerprint density at radius 3 is 2.50 bits per heavy atom. The molecular formula is C8H16NO3. The van der Waals surface area contributed by atoms with Gasteiger partial charge >= 0.3 is 6.09 Å². The summed E-state index contributed by atoms with van der Waals surface area (Å²) >= 11 is 0. The molecule has 71 valence electrons. The van der Waals surface area contributed by atoms with Gasteiger partial charge in [-0.25, -0.2) is 4.79 Å². The Morgan fingerprint density at radius 1 is 1.67 bits per heavy atom. The van der Waals surface area contributed by atoms with Crippen molar-refractivity contribution in [1.29, 1.82) is 0 Å². The van der Waals surface area contributed by atoms with Crippen LogP contribution in [0.2, 0.25) is 0 Å². The lowest BCUT2D eigenvalue weighted by molar-refractivity contribution is 0.0504. The molecule has 0 fully saturated rings. The van der Waals surface area contributed by atoms with Gasteiger partial charge in [0.05, 0.1) is 6.10 Å². The summed E-state index contributed by atoms with van der Waals surface area (Å²) in [5.41, 5.74) is -0.504. The van der Waals surface area contributed by atoms with Crippen LogP contribution in [0.1, 0.15) is 20.8 Å². The van der Waals surface area contributed by atoms with E-state index in [0.717, 1.165) is 0 Å². The van der Waals surface area contributed by atoms with Crippen molar-refractivity contribution >= 4 is 6.09 Å². The fourth-order valence-electron chi connectivity index (χ4n) is 0.515. The first-order valence-electron chi connectivity index (χ1n) is 3.79. The molecule has 0 saturated carbocycles. The number of carbonyl (C=O) groups excluding carboxylic acids is 1. The zero-order valence-corrected chi connectivity index (χ0v) is 7.76. The average molecular weight is 174 g/mol. The molecule has 4 heteroatoms. The van der Waals surface area contributed by atoms with Crippen molar-refractivity contribution in [3.05, 3.63) is 6.92 Å². The Hall–Kier alpha value is -0.770. The second kappa shape index (κ2) is 4.30. The van der Waals surface area contributed by atoms with E-state index in [4.69, 9.17) is 9.84 Å². The number of hydrogen-bond donors (Lipinski definition) is 2. The minimum atomic E-state index is -0.794. The molecule has 4 nitrogen and oxygen atoms in total. The van der Waals surface area contributed by atoms with Crippen LogP contribution in [-0.4, -0.2) is 29.4 Å². The molecular weight excluding hydrogens is 158 g/mol. The van der Waals surface area contributed by atoms with Crippen LogP contribution >= 0.6 is 0 Å². The largest absolute Gasteiger partial charge is 0.444 e. The highest BCUT2D eigenvalue weighted by atomic mass is 16.6. The minimum Gasteiger partial charge on any atom is -0.444 e. The van der Waals surface area contributed by atoms with Gasteiger partial charge in [-0.15, -0.1) is 0 Å². The number of hydrogen-bond acceptors (Lipinski definition) is 3. The predicted molar refractivity (Wildman–Crippen MR) is 45.6 cm³/mol. The first-order valence-corrected chi connectivity index (χ1v) is 3.79. The summed E-state index contributed by atoms with van der Waals surface area (Å²) < 4.78 is 4.90. The molecule has 0 saturated heterocycles. The molecule has 0 heterocycles. The standard InChI is InChI=1S/C8H16NO3/c1-6(10)5-9-7(11)12-8(2,3)4/h6,10H,1,5H2,2-4H3,(H,9,11). The molecule has 0 spiro atoms. The van der Waals surface area contributed by atoms with Crippen LogP contribution in [0, 0.1) is 6.92 Å². The molecule has 0 bridgehead atoms. The Balaban J connectivity index is 3.61. The number of ether oxygens (including phenoxy) is 1. The highest BCUT2D eigenvalue weighted by Gasteiger charge is 2.15. The molecule has 0 aromatic heterocycles. The Bertz CT molecular complexity index is 149. The van der Waals surface area contributed by atoms with E-state index in [9.17, 15) is 4.79 Å². The minimum absolute atomic E-state index is 0.106. The molecule has 0 aliphatic carbocycles. The van der Waals surface area contributed by atoms with Crippen LogP contribution < -0.4 is 5.32 Å². The van der Waals surface area contributed by atoms with Crippen molar-refractivity contribution in [3.63, 3.8) is 0 Å². The molecule has 0 rings (SSSR count). The van der Waals surface area contributed by atoms with Crippen molar-refractivity contribution in [2.24, 2.45) is 0 Å². The van der Waals surface area contributed by atoms with E-state index in [-0.39, 0.29) is 6.54 Å². The molecule has 12 heavy (non-hydrogen) atoms. The Labute approximate surface area is 72.9 Å². The number of rotatable bonds is 2. The molecule has 1 atom stereocenters. The Kier molecular flexibility index (Phi) is 4.03. The van der Waals surface area contributed by atoms with Gasteiger partial charge in [-0.2, -0.15) is 0 Å². The van der Waals surface area contributed by atoms with Gasteiger partial charge < -0.3 is 15.2 Å². The van der Waals surface area contributed by atoms with Gasteiger partial charge in [0.15, 0.2) is 0 Å². The van der Waals surface area contributed by atoms with Crippen LogP contribution in [-0.2, 0) is 4.74 Å². The number of aliphatic hydroxyl groups is 1. The summed E-state index contributed by atoms with van der Waals surface area (Å²) in [5.74, 6) is 0. The molecule has 0 aromatic rings. The third kappa shape index (κ3) is 7.34. The molecule has 1 radical (unpaired) electrons. The lowest BCUT2D eigenvalue weighted by Crippen LogP contribution is -2.36. The SMILES string of the molecule is [CH2]C(O)CNC(=O)OC(C)(C)C. The maximum absolute atomic E-state index is 10.9. The van der Waals surface area contributed by atoms with Crippen molar-refractivity contribution in [2.45, 2.75) is 32.5 Å². The first-order chi connectivity index (χ1) is 5.31. The van der Waals surface area contributed by atoms with Gasteiger partial charge in [-0.1, -0.05) is 0 Å². The summed E-state index contributed by atoms with van der Waals surface area (Å²) in [6, 6.07) is 0. The van der Waals surface area contributed by atoms with E-state index in [1.165, 1.54) is 0 Å². The fraction of sp³-hybridized carbons (Fsp3) is 0.750. The Morgan fingerprint density at radius 2 is 2.17 bits per heavy atom. The maximum atomic E-state index is 10.9. The van der Waals surface area contributed by atoms with Gasteiger partial charge in [0.25, 0.3) is 0 Å². The zero-order chi connectivity index (χ0) is 9.78. The quantitative estimate of drug-likeness (QED) is 0.648. The third-order valence-corrected chi connectivity index (χ3v) is 0.881. The predicted octanol–water partition coefficient (Wildman–Crippen LogP) is 0.706. The molecule has 0 aliphatic rings. The van der Waals surface area contributed by atoms with Crippen LogP contribution in [0.5, 0.6) is 0 Å². The molecule has 1 amide bonds. The molecule has 0 aliphatic heterocycles. The second-order valence-corrected chi connectivity index (χ2v) is 3.54. The van der Waals surface area contributed by atoms with Gasteiger partial charge in [0, 0.05) is 6.54 Å². The van der Waals surface area contributed by atoms with E-state index in [0.29, 0.717) is 0 Å². The first kappa shape index (κ1) is 11.2. The summed E-state index contributed by atoms with van der Waals surface area (Å²) in [6.07, 6.45) is -1.33. The summed E-state index contributed by atoms with van der Waals surface area (Å²) in [5, 5.41) is 11.1. The number of nitrogens with one attached hydrogen (secondary N) is 1. The van der Waals surface area contributed by atoms with Gasteiger partial charge in [-0.05, 0) is 27.7 Å². The number of carbonyl (C=O) groups is 1. The normalized spacial score (nSPS) is 13.8. The molecule has 1 unspecified atom stereocenters. The smallest absolute Gasteiger partial charge is 0.407 e. The lowest BCUT2D eigenvalue weighted by atomic mass is 10.2. The van der Waals surface area contributed by atoms with Crippen LogP contribution in [0.25, 0.3) is 0 Å². The number of aliphatic hydroxyl groups excluding tert-OH is 1. The van der Waals surface area contributed by atoms with Crippen LogP contribution in [0.15, 0.2) is 0 Å². The summed E-state index contributed by atoms with van der Waals surface area (Å²) in [4.78, 5) is 10.9. The number of amides is 1. The monoisotopic (exact) mass is 174 g/mol.